The molecule has 0 bridgehead atoms. The van der Waals surface area contributed by atoms with Crippen LogP contribution in [0.1, 0.15) is 19.3 Å². The lowest BCUT2D eigenvalue weighted by molar-refractivity contribution is -0.135. The fraction of sp³-hybridized carbons (Fsp3) is 0.667. The first-order valence-electron chi connectivity index (χ1n) is 6.47. The van der Waals surface area contributed by atoms with Crippen LogP contribution < -0.4 is 0 Å². The van der Waals surface area contributed by atoms with E-state index >= 15 is 0 Å². The quantitative estimate of drug-likeness (QED) is 0.555. The second kappa shape index (κ2) is 7.14. The normalized spacial score (nSPS) is 19.6. The molecular formula is C12H16N2O4S2. The molecule has 0 aromatic heterocycles. The van der Waals surface area contributed by atoms with E-state index in [0.29, 0.717) is 38.5 Å². The third-order valence-corrected chi connectivity index (χ3v) is 4.51. The van der Waals surface area contributed by atoms with Gasteiger partial charge in [-0.25, -0.2) is 4.90 Å². The predicted octanol–water partition coefficient (Wildman–Crippen LogP) is 0.402. The number of thioether (sulfide) groups is 1. The zero-order valence-electron chi connectivity index (χ0n) is 11.0. The Morgan fingerprint density at radius 3 is 2.40 bits per heavy atom. The second-order valence-corrected chi connectivity index (χ2v) is 6.21. The monoisotopic (exact) mass is 316 g/mol. The molecule has 20 heavy (non-hydrogen) atoms. The van der Waals surface area contributed by atoms with Crippen molar-refractivity contribution in [3.8, 4) is 0 Å². The Labute approximate surface area is 126 Å². The van der Waals surface area contributed by atoms with Crippen LogP contribution in [-0.2, 0) is 19.1 Å². The largest absolute Gasteiger partial charge is 0.378 e. The third-order valence-electron chi connectivity index (χ3n) is 3.14. The van der Waals surface area contributed by atoms with E-state index in [9.17, 15) is 14.4 Å². The number of carbonyl (C=O) groups excluding carboxylic acids is 3. The zero-order chi connectivity index (χ0) is 14.5. The van der Waals surface area contributed by atoms with Gasteiger partial charge in [0.2, 0.25) is 17.7 Å². The zero-order valence-corrected chi connectivity index (χ0v) is 12.6. The summed E-state index contributed by atoms with van der Waals surface area (Å²) in [4.78, 5) is 37.7. The Bertz CT molecular complexity index is 419. The Morgan fingerprint density at radius 2 is 1.80 bits per heavy atom. The van der Waals surface area contributed by atoms with Crippen LogP contribution in [0.5, 0.6) is 0 Å². The van der Waals surface area contributed by atoms with E-state index in [0.717, 1.165) is 4.90 Å². The van der Waals surface area contributed by atoms with Gasteiger partial charge in [0.15, 0.2) is 0 Å². The summed E-state index contributed by atoms with van der Waals surface area (Å²) in [6.45, 7) is 2.40. The number of hydrogen-bond donors (Lipinski definition) is 0. The van der Waals surface area contributed by atoms with Crippen LogP contribution in [0.3, 0.4) is 0 Å². The molecule has 0 N–H and O–H groups in total. The summed E-state index contributed by atoms with van der Waals surface area (Å²) in [6.07, 6.45) is 0.805. The van der Waals surface area contributed by atoms with Gasteiger partial charge in [0.05, 0.1) is 13.2 Å². The summed E-state index contributed by atoms with van der Waals surface area (Å²) in [5.74, 6) is 0.0493. The van der Waals surface area contributed by atoms with Gasteiger partial charge in [-0.15, -0.1) is 0 Å². The molecule has 110 valence electrons. The van der Waals surface area contributed by atoms with Crippen LogP contribution in [0, 0.1) is 0 Å². The number of nitrogens with zero attached hydrogens (tertiary/aromatic N) is 2. The molecule has 3 amide bonds. The highest BCUT2D eigenvalue weighted by Gasteiger charge is 2.32. The molecule has 6 nitrogen and oxygen atoms in total. The topological polar surface area (TPSA) is 66.9 Å². The smallest absolute Gasteiger partial charge is 0.235 e. The summed E-state index contributed by atoms with van der Waals surface area (Å²) in [5.41, 5.74) is 0. The number of ether oxygens (including phenoxy) is 1. The number of amides is 3. The molecule has 0 saturated carbocycles. The standard InChI is InChI=1S/C12H16N2O4S2/c15-9(13-4-6-18-7-5-13)3-8-20-12(19)14-10(16)1-2-11(14)17/h1-8H2. The number of thiocarbonyl (C=S) groups is 1. The Morgan fingerprint density at radius 1 is 1.20 bits per heavy atom. The number of hydrogen-bond acceptors (Lipinski definition) is 6. The summed E-state index contributed by atoms with van der Waals surface area (Å²) >= 11 is 6.29. The number of rotatable bonds is 3. The highest BCUT2D eigenvalue weighted by atomic mass is 32.2. The first-order chi connectivity index (χ1) is 9.59. The van der Waals surface area contributed by atoms with Crippen LogP contribution in [0.15, 0.2) is 0 Å². The van der Waals surface area contributed by atoms with Gasteiger partial charge in [-0.3, -0.25) is 14.4 Å². The molecule has 2 rings (SSSR count). The molecule has 0 spiro atoms. The molecule has 2 heterocycles. The molecule has 2 saturated heterocycles. The second-order valence-electron chi connectivity index (χ2n) is 4.48. The molecule has 0 aromatic carbocycles. The van der Waals surface area contributed by atoms with E-state index in [-0.39, 0.29) is 34.9 Å². The molecule has 0 unspecified atom stereocenters. The van der Waals surface area contributed by atoms with Crippen molar-refractivity contribution in [1.82, 2.24) is 9.80 Å². The minimum Gasteiger partial charge on any atom is -0.378 e. The van der Waals surface area contributed by atoms with Crippen molar-refractivity contribution in [3.63, 3.8) is 0 Å². The maximum Gasteiger partial charge on any atom is 0.235 e. The van der Waals surface area contributed by atoms with E-state index in [4.69, 9.17) is 17.0 Å². The fourth-order valence-electron chi connectivity index (χ4n) is 2.04. The van der Waals surface area contributed by atoms with Crippen molar-refractivity contribution < 1.29 is 19.1 Å². The van der Waals surface area contributed by atoms with Crippen LogP contribution >= 0.6 is 24.0 Å². The SMILES string of the molecule is O=C(CCSC(=S)N1C(=O)CCC1=O)N1CCOCC1. The summed E-state index contributed by atoms with van der Waals surface area (Å²) < 4.78 is 5.44. The van der Waals surface area contributed by atoms with Gasteiger partial charge in [0.1, 0.15) is 4.32 Å². The highest BCUT2D eigenvalue weighted by molar-refractivity contribution is 8.23. The molecule has 0 aliphatic carbocycles. The number of likely N-dealkylation sites (tertiary alicyclic amines) is 1. The van der Waals surface area contributed by atoms with Gasteiger partial charge in [-0.05, 0) is 0 Å². The Balaban J connectivity index is 1.72. The number of morpholine rings is 1. The van der Waals surface area contributed by atoms with Crippen molar-refractivity contribution >= 4 is 46.0 Å². The summed E-state index contributed by atoms with van der Waals surface area (Å²) in [7, 11) is 0. The molecule has 0 radical (unpaired) electrons. The molecule has 2 fully saturated rings. The first-order valence-corrected chi connectivity index (χ1v) is 7.87. The van der Waals surface area contributed by atoms with E-state index in [2.05, 4.69) is 0 Å². The maximum absolute atomic E-state index is 11.9. The van der Waals surface area contributed by atoms with E-state index < -0.39 is 0 Å². The van der Waals surface area contributed by atoms with Gasteiger partial charge in [-0.2, -0.15) is 0 Å². The molecule has 2 aliphatic rings. The van der Waals surface area contributed by atoms with Crippen LogP contribution in [-0.4, -0.2) is 63.9 Å². The molecular weight excluding hydrogens is 300 g/mol. The van der Waals surface area contributed by atoms with Crippen LogP contribution in [0.2, 0.25) is 0 Å². The van der Waals surface area contributed by atoms with Gasteiger partial charge >= 0.3 is 0 Å². The number of imide groups is 1. The van der Waals surface area contributed by atoms with Crippen molar-refractivity contribution in [3.05, 3.63) is 0 Å². The molecule has 2 aliphatic heterocycles. The lowest BCUT2D eigenvalue weighted by Gasteiger charge is -2.26. The summed E-state index contributed by atoms with van der Waals surface area (Å²) in [6, 6.07) is 0. The predicted molar refractivity (Wildman–Crippen MR) is 78.2 cm³/mol. The van der Waals surface area contributed by atoms with Crippen molar-refractivity contribution in [2.45, 2.75) is 19.3 Å². The van der Waals surface area contributed by atoms with Crippen LogP contribution in [0.4, 0.5) is 0 Å². The minimum atomic E-state index is -0.244. The number of carbonyl (C=O) groups is 3. The van der Waals surface area contributed by atoms with E-state index in [1.54, 1.807) is 4.90 Å². The minimum absolute atomic E-state index is 0.0580. The highest BCUT2D eigenvalue weighted by Crippen LogP contribution is 2.19. The molecule has 8 heteroatoms. The van der Waals surface area contributed by atoms with E-state index in [1.807, 2.05) is 0 Å². The van der Waals surface area contributed by atoms with Crippen molar-refractivity contribution in [2.75, 3.05) is 32.1 Å². The van der Waals surface area contributed by atoms with Gasteiger partial charge in [0, 0.05) is 38.1 Å². The first kappa shape index (κ1) is 15.4. The molecule has 0 aromatic rings. The Hall–Kier alpha value is -0.990. The third kappa shape index (κ3) is 3.77. The van der Waals surface area contributed by atoms with Gasteiger partial charge in [0.25, 0.3) is 0 Å². The lowest BCUT2D eigenvalue weighted by atomic mass is 10.3. The molecule has 0 atom stereocenters. The summed E-state index contributed by atoms with van der Waals surface area (Å²) in [5, 5.41) is 0. The van der Waals surface area contributed by atoms with Gasteiger partial charge < -0.3 is 9.64 Å². The maximum atomic E-state index is 11.9. The van der Waals surface area contributed by atoms with Gasteiger partial charge in [-0.1, -0.05) is 24.0 Å². The van der Waals surface area contributed by atoms with E-state index in [1.165, 1.54) is 11.8 Å². The van der Waals surface area contributed by atoms with Crippen LogP contribution in [0.25, 0.3) is 0 Å². The average molecular weight is 316 g/mol. The Kier molecular flexibility index (Phi) is 5.50. The average Bonchev–Trinajstić information content (AvgIpc) is 2.79. The van der Waals surface area contributed by atoms with Crippen molar-refractivity contribution in [1.29, 1.82) is 0 Å². The van der Waals surface area contributed by atoms with Crippen molar-refractivity contribution in [2.24, 2.45) is 0 Å². The fourth-order valence-corrected chi connectivity index (χ4v) is 3.28. The lowest BCUT2D eigenvalue weighted by Crippen LogP contribution is -2.41.